The van der Waals surface area contributed by atoms with E-state index in [-0.39, 0.29) is 29.1 Å². The third kappa shape index (κ3) is 4.69. The van der Waals surface area contributed by atoms with Crippen molar-refractivity contribution in [2.75, 3.05) is 29.9 Å². The Morgan fingerprint density at radius 3 is 2.73 bits per heavy atom. The lowest BCUT2D eigenvalue weighted by Gasteiger charge is -2.20. The highest BCUT2D eigenvalue weighted by Gasteiger charge is 2.29. The second kappa shape index (κ2) is 9.10. The van der Waals surface area contributed by atoms with E-state index in [1.807, 2.05) is 6.92 Å². The molecule has 0 bridgehead atoms. The molecule has 0 aliphatic carbocycles. The summed E-state index contributed by atoms with van der Waals surface area (Å²) in [6, 6.07) is 5.81. The Morgan fingerprint density at radius 2 is 2.10 bits per heavy atom. The van der Waals surface area contributed by atoms with Gasteiger partial charge in [-0.1, -0.05) is 6.92 Å². The number of benzene rings is 1. The summed E-state index contributed by atoms with van der Waals surface area (Å²) in [4.78, 5) is 25.7. The van der Waals surface area contributed by atoms with E-state index in [0.717, 1.165) is 25.2 Å². The van der Waals surface area contributed by atoms with Crippen LogP contribution in [-0.2, 0) is 11.8 Å². The minimum atomic E-state index is -0.604. The second-order valence-corrected chi connectivity index (χ2v) is 7.59. The summed E-state index contributed by atoms with van der Waals surface area (Å²) in [7, 11) is 1.61. The first-order valence-corrected chi connectivity index (χ1v) is 10.0. The molecule has 1 aliphatic heterocycles. The number of carbonyl (C=O) groups is 1. The van der Waals surface area contributed by atoms with E-state index in [0.29, 0.717) is 18.7 Å². The molecule has 2 atom stereocenters. The van der Waals surface area contributed by atoms with Crippen LogP contribution in [0.15, 0.2) is 24.3 Å². The van der Waals surface area contributed by atoms with Crippen molar-refractivity contribution < 1.29 is 14.1 Å². The molecule has 1 aromatic carbocycles. The van der Waals surface area contributed by atoms with Crippen LogP contribution in [0, 0.1) is 28.8 Å². The van der Waals surface area contributed by atoms with Crippen molar-refractivity contribution in [1.29, 1.82) is 0 Å². The number of nitrogens with one attached hydrogen (secondary N) is 2. The quantitative estimate of drug-likeness (QED) is 0.504. The van der Waals surface area contributed by atoms with Gasteiger partial charge in [0.25, 0.3) is 0 Å². The van der Waals surface area contributed by atoms with Gasteiger partial charge in [0.2, 0.25) is 11.7 Å². The number of carbonyl (C=O) groups excluding carboxylic acids is 1. The highest BCUT2D eigenvalue weighted by atomic mass is 19.1. The van der Waals surface area contributed by atoms with Crippen molar-refractivity contribution in [3.05, 3.63) is 45.9 Å². The topological polar surface area (TPSA) is 105 Å². The zero-order valence-corrected chi connectivity index (χ0v) is 17.4. The first-order valence-electron chi connectivity index (χ1n) is 10.0. The van der Waals surface area contributed by atoms with Gasteiger partial charge in [-0.05, 0) is 49.9 Å². The van der Waals surface area contributed by atoms with Crippen LogP contribution in [0.25, 0.3) is 0 Å². The Bertz CT molecular complexity index is 914. The molecular formula is C20H27FN6O3. The van der Waals surface area contributed by atoms with Crippen molar-refractivity contribution in [1.82, 2.24) is 15.1 Å². The van der Waals surface area contributed by atoms with E-state index in [1.165, 1.54) is 16.8 Å². The number of amides is 1. The van der Waals surface area contributed by atoms with E-state index in [9.17, 15) is 19.3 Å². The SMILES string of the molecule is CC[C@@H](Nc1c([N+](=O)[O-])c(C)nn1C)C(=O)NC[C@@H]1CCN(c2ccc(F)cc2)C1. The predicted octanol–water partition coefficient (Wildman–Crippen LogP) is 2.61. The van der Waals surface area contributed by atoms with Crippen LogP contribution < -0.4 is 15.5 Å². The predicted molar refractivity (Wildman–Crippen MR) is 112 cm³/mol. The number of hydrogen-bond acceptors (Lipinski definition) is 6. The molecule has 0 spiro atoms. The molecule has 2 aromatic rings. The monoisotopic (exact) mass is 418 g/mol. The third-order valence-electron chi connectivity index (χ3n) is 5.45. The third-order valence-corrected chi connectivity index (χ3v) is 5.45. The van der Waals surface area contributed by atoms with Crippen LogP contribution in [0.1, 0.15) is 25.5 Å². The van der Waals surface area contributed by atoms with Crippen molar-refractivity contribution in [3.8, 4) is 0 Å². The van der Waals surface area contributed by atoms with Crippen LogP contribution in [0.3, 0.4) is 0 Å². The van der Waals surface area contributed by atoms with Gasteiger partial charge in [0.1, 0.15) is 17.6 Å². The highest BCUT2D eigenvalue weighted by Crippen LogP contribution is 2.28. The molecule has 10 heteroatoms. The van der Waals surface area contributed by atoms with Crippen LogP contribution >= 0.6 is 0 Å². The lowest BCUT2D eigenvalue weighted by Crippen LogP contribution is -2.42. The van der Waals surface area contributed by atoms with Crippen LogP contribution in [0.4, 0.5) is 21.6 Å². The average molecular weight is 418 g/mol. The van der Waals surface area contributed by atoms with E-state index < -0.39 is 11.0 Å². The summed E-state index contributed by atoms with van der Waals surface area (Å²) >= 11 is 0. The molecule has 0 radical (unpaired) electrons. The van der Waals surface area contributed by atoms with Gasteiger partial charge in [-0.3, -0.25) is 14.9 Å². The van der Waals surface area contributed by atoms with E-state index in [2.05, 4.69) is 20.6 Å². The maximum atomic E-state index is 13.1. The lowest BCUT2D eigenvalue weighted by molar-refractivity contribution is -0.384. The first kappa shape index (κ1) is 21.5. The number of anilines is 2. The second-order valence-electron chi connectivity index (χ2n) is 7.59. The average Bonchev–Trinajstić information content (AvgIpc) is 3.28. The van der Waals surface area contributed by atoms with Gasteiger partial charge in [-0.2, -0.15) is 5.10 Å². The molecule has 3 rings (SSSR count). The largest absolute Gasteiger partial charge is 0.371 e. The van der Waals surface area contributed by atoms with Crippen molar-refractivity contribution in [2.45, 2.75) is 32.7 Å². The zero-order chi connectivity index (χ0) is 21.8. The number of nitro groups is 1. The minimum Gasteiger partial charge on any atom is -0.371 e. The normalized spacial score (nSPS) is 17.1. The molecule has 1 amide bonds. The number of aryl methyl sites for hydroxylation is 2. The van der Waals surface area contributed by atoms with Crippen LogP contribution in [0.5, 0.6) is 0 Å². The van der Waals surface area contributed by atoms with Crippen molar-refractivity contribution in [3.63, 3.8) is 0 Å². The van der Waals surface area contributed by atoms with E-state index in [4.69, 9.17) is 0 Å². The van der Waals surface area contributed by atoms with Gasteiger partial charge < -0.3 is 15.5 Å². The summed E-state index contributed by atoms with van der Waals surface area (Å²) in [6.07, 6.45) is 1.40. The lowest BCUT2D eigenvalue weighted by atomic mass is 10.1. The Balaban J connectivity index is 1.56. The summed E-state index contributed by atoms with van der Waals surface area (Å²) < 4.78 is 14.5. The summed E-state index contributed by atoms with van der Waals surface area (Å²) in [5, 5.41) is 21.4. The van der Waals surface area contributed by atoms with Crippen molar-refractivity contribution in [2.24, 2.45) is 13.0 Å². The molecule has 2 heterocycles. The fourth-order valence-corrected chi connectivity index (χ4v) is 3.80. The summed E-state index contributed by atoms with van der Waals surface area (Å²) in [5.41, 5.74) is 1.15. The number of halogens is 1. The number of hydrogen-bond donors (Lipinski definition) is 2. The smallest absolute Gasteiger partial charge is 0.333 e. The molecule has 30 heavy (non-hydrogen) atoms. The molecule has 1 aromatic heterocycles. The fourth-order valence-electron chi connectivity index (χ4n) is 3.80. The van der Waals surface area contributed by atoms with Crippen LogP contribution in [-0.4, -0.2) is 46.3 Å². The molecule has 1 fully saturated rings. The number of aromatic nitrogens is 2. The summed E-state index contributed by atoms with van der Waals surface area (Å²) in [6.45, 7) is 5.56. The molecule has 0 saturated carbocycles. The Labute approximate surface area is 174 Å². The van der Waals surface area contributed by atoms with Gasteiger partial charge in [-0.25, -0.2) is 9.07 Å². The first-order chi connectivity index (χ1) is 14.3. The highest BCUT2D eigenvalue weighted by molar-refractivity contribution is 5.85. The van der Waals surface area contributed by atoms with Gasteiger partial charge in [0.15, 0.2) is 0 Å². The molecule has 1 aliphatic rings. The molecule has 0 unspecified atom stereocenters. The Kier molecular flexibility index (Phi) is 6.53. The molecule has 2 N–H and O–H groups in total. The molecular weight excluding hydrogens is 391 g/mol. The van der Waals surface area contributed by atoms with Gasteiger partial charge in [-0.15, -0.1) is 0 Å². The summed E-state index contributed by atoms with van der Waals surface area (Å²) in [5.74, 6) is 0.0437. The minimum absolute atomic E-state index is 0.116. The molecule has 162 valence electrons. The van der Waals surface area contributed by atoms with E-state index in [1.54, 1.807) is 26.1 Å². The number of nitrogens with zero attached hydrogens (tertiary/aromatic N) is 4. The molecule has 1 saturated heterocycles. The van der Waals surface area contributed by atoms with Crippen molar-refractivity contribution >= 4 is 23.1 Å². The zero-order valence-electron chi connectivity index (χ0n) is 17.4. The van der Waals surface area contributed by atoms with Gasteiger partial charge >= 0.3 is 5.69 Å². The van der Waals surface area contributed by atoms with E-state index >= 15 is 0 Å². The maximum absolute atomic E-state index is 13.1. The van der Waals surface area contributed by atoms with Crippen LogP contribution in [0.2, 0.25) is 0 Å². The number of rotatable bonds is 8. The molecule has 9 nitrogen and oxygen atoms in total. The standard InChI is InChI=1S/C20H27FN6O3/c1-4-17(23-19-18(27(29)30)13(2)24-25(19)3)20(28)22-11-14-9-10-26(12-14)16-7-5-15(21)6-8-16/h5-8,14,17,23H,4,9-12H2,1-3H3,(H,22,28)/t14-,17+/m0/s1. The maximum Gasteiger partial charge on any atom is 0.333 e. The van der Waals surface area contributed by atoms with Gasteiger partial charge in [0.05, 0.1) is 4.92 Å². The Hall–Kier alpha value is -3.17. The Morgan fingerprint density at radius 1 is 1.40 bits per heavy atom. The van der Waals surface area contributed by atoms with Gasteiger partial charge in [0, 0.05) is 32.4 Å². The fraction of sp³-hybridized carbons (Fsp3) is 0.500.